The van der Waals surface area contributed by atoms with Gasteiger partial charge < -0.3 is 24.4 Å². The highest BCUT2D eigenvalue weighted by Gasteiger charge is 2.29. The maximum absolute atomic E-state index is 14.9. The van der Waals surface area contributed by atoms with Crippen molar-refractivity contribution in [2.24, 2.45) is 0 Å². The molecule has 1 fully saturated rings. The highest BCUT2D eigenvalue weighted by Crippen LogP contribution is 2.27. The number of hydrogen-bond acceptors (Lipinski definition) is 7. The van der Waals surface area contributed by atoms with E-state index in [-0.39, 0.29) is 30.3 Å². The Morgan fingerprint density at radius 2 is 1.89 bits per heavy atom. The van der Waals surface area contributed by atoms with Crippen LogP contribution in [0.5, 0.6) is 5.75 Å². The number of ether oxygens (including phenoxy) is 3. The van der Waals surface area contributed by atoms with Gasteiger partial charge in [0.25, 0.3) is 5.91 Å². The SMILES string of the molecule is CC(C)(C)OC(=O)N1CCOC(c2ccc(NC(=O)c3cn(-c4ccc(OC(F)F)cc4)nn3)c(F)c2)C1. The first-order valence-corrected chi connectivity index (χ1v) is 11.7. The second kappa shape index (κ2) is 11.1. The molecule has 0 saturated carbocycles. The molecule has 1 aromatic heterocycles. The summed E-state index contributed by atoms with van der Waals surface area (Å²) in [5, 5.41) is 10.1. The summed E-state index contributed by atoms with van der Waals surface area (Å²) in [6.07, 6.45) is 0.277. The number of rotatable bonds is 6. The van der Waals surface area contributed by atoms with Crippen molar-refractivity contribution >= 4 is 17.7 Å². The van der Waals surface area contributed by atoms with Crippen LogP contribution in [0.1, 0.15) is 42.9 Å². The zero-order chi connectivity index (χ0) is 27.4. The number of carbonyl (C=O) groups is 2. The predicted octanol–water partition coefficient (Wildman–Crippen LogP) is 4.57. The van der Waals surface area contributed by atoms with Gasteiger partial charge in [0.15, 0.2) is 5.69 Å². The van der Waals surface area contributed by atoms with Crippen LogP contribution in [-0.4, -0.2) is 63.8 Å². The second-order valence-electron chi connectivity index (χ2n) is 9.40. The molecule has 1 aliphatic rings. The summed E-state index contributed by atoms with van der Waals surface area (Å²) in [6, 6.07) is 9.80. The molecular weight excluding hydrogens is 507 g/mol. The average Bonchev–Trinajstić information content (AvgIpc) is 3.35. The van der Waals surface area contributed by atoms with Crippen LogP contribution >= 0.6 is 0 Å². The zero-order valence-electron chi connectivity index (χ0n) is 20.9. The third-order valence-electron chi connectivity index (χ3n) is 5.38. The van der Waals surface area contributed by atoms with Crippen LogP contribution in [0.15, 0.2) is 48.7 Å². The minimum Gasteiger partial charge on any atom is -0.444 e. The van der Waals surface area contributed by atoms with Gasteiger partial charge in [0.1, 0.15) is 23.3 Å². The molecule has 4 rings (SSSR count). The lowest BCUT2D eigenvalue weighted by Gasteiger charge is -2.34. The Morgan fingerprint density at radius 1 is 1.16 bits per heavy atom. The zero-order valence-corrected chi connectivity index (χ0v) is 20.9. The molecule has 2 aromatic carbocycles. The van der Waals surface area contributed by atoms with Crippen LogP contribution < -0.4 is 10.1 Å². The van der Waals surface area contributed by atoms with Crippen LogP contribution in [0.25, 0.3) is 5.69 Å². The molecule has 0 radical (unpaired) electrons. The summed E-state index contributed by atoms with van der Waals surface area (Å²) in [5.41, 5.74) is 0.130. The van der Waals surface area contributed by atoms with Gasteiger partial charge in [-0.25, -0.2) is 13.9 Å². The molecule has 2 amide bonds. The lowest BCUT2D eigenvalue weighted by atomic mass is 10.1. The standard InChI is InChI=1S/C25H26F3N5O5/c1-25(2,3)38-24(35)32-10-11-36-21(14-32)15-4-9-19(18(26)12-15)29-22(34)20-13-33(31-30-20)16-5-7-17(8-6-16)37-23(27)28/h4-9,12-13,21,23H,10-11,14H2,1-3H3,(H,29,34). The van der Waals surface area contributed by atoms with E-state index in [4.69, 9.17) is 9.47 Å². The minimum absolute atomic E-state index is 0.0306. The normalized spacial score (nSPS) is 15.9. The molecule has 2 heterocycles. The molecule has 0 spiro atoms. The van der Waals surface area contributed by atoms with Gasteiger partial charge in [-0.05, 0) is 62.7 Å². The molecule has 10 nitrogen and oxygen atoms in total. The number of hydrogen-bond donors (Lipinski definition) is 1. The van der Waals surface area contributed by atoms with E-state index in [2.05, 4.69) is 20.4 Å². The maximum Gasteiger partial charge on any atom is 0.410 e. The summed E-state index contributed by atoms with van der Waals surface area (Å²) in [5.74, 6) is -1.43. The quantitative estimate of drug-likeness (QED) is 0.495. The summed E-state index contributed by atoms with van der Waals surface area (Å²) in [4.78, 5) is 26.5. The largest absolute Gasteiger partial charge is 0.444 e. The first-order chi connectivity index (χ1) is 18.0. The van der Waals surface area contributed by atoms with Gasteiger partial charge in [-0.1, -0.05) is 11.3 Å². The Bertz CT molecular complexity index is 1290. The van der Waals surface area contributed by atoms with Crippen molar-refractivity contribution in [3.8, 4) is 11.4 Å². The first-order valence-electron chi connectivity index (χ1n) is 11.7. The number of anilines is 1. The smallest absolute Gasteiger partial charge is 0.410 e. The van der Waals surface area contributed by atoms with Crippen molar-refractivity contribution in [1.82, 2.24) is 19.9 Å². The molecule has 1 atom stereocenters. The minimum atomic E-state index is -2.95. The van der Waals surface area contributed by atoms with E-state index in [0.29, 0.717) is 17.8 Å². The van der Waals surface area contributed by atoms with Gasteiger partial charge >= 0.3 is 12.7 Å². The van der Waals surface area contributed by atoms with Crippen LogP contribution in [0.3, 0.4) is 0 Å². The fraction of sp³-hybridized carbons (Fsp3) is 0.360. The van der Waals surface area contributed by atoms with Crippen LogP contribution in [0, 0.1) is 5.82 Å². The van der Waals surface area contributed by atoms with E-state index in [9.17, 15) is 22.8 Å². The molecule has 0 bridgehead atoms. The number of halogens is 3. The van der Waals surface area contributed by atoms with Crippen molar-refractivity contribution in [1.29, 1.82) is 0 Å². The Morgan fingerprint density at radius 3 is 2.55 bits per heavy atom. The fourth-order valence-electron chi connectivity index (χ4n) is 3.64. The molecular formula is C25H26F3N5O5. The molecule has 1 aliphatic heterocycles. The molecule has 13 heteroatoms. The molecule has 38 heavy (non-hydrogen) atoms. The number of alkyl halides is 2. The van der Waals surface area contributed by atoms with E-state index >= 15 is 0 Å². The van der Waals surface area contributed by atoms with Crippen LogP contribution in [-0.2, 0) is 9.47 Å². The van der Waals surface area contributed by atoms with Gasteiger partial charge in [-0.2, -0.15) is 8.78 Å². The monoisotopic (exact) mass is 533 g/mol. The van der Waals surface area contributed by atoms with Crippen molar-refractivity contribution in [3.63, 3.8) is 0 Å². The van der Waals surface area contributed by atoms with Gasteiger partial charge in [-0.3, -0.25) is 4.79 Å². The molecule has 202 valence electrons. The maximum atomic E-state index is 14.9. The topological polar surface area (TPSA) is 108 Å². The summed E-state index contributed by atoms with van der Waals surface area (Å²) < 4.78 is 56.2. The number of aromatic nitrogens is 3. The van der Waals surface area contributed by atoms with Crippen molar-refractivity contribution in [2.75, 3.05) is 25.0 Å². The van der Waals surface area contributed by atoms with Crippen LogP contribution in [0.2, 0.25) is 0 Å². The Hall–Kier alpha value is -4.13. The summed E-state index contributed by atoms with van der Waals surface area (Å²) in [6.45, 7) is 3.20. The van der Waals surface area contributed by atoms with Crippen molar-refractivity contribution < 1.29 is 37.0 Å². The number of benzene rings is 2. The summed E-state index contributed by atoms with van der Waals surface area (Å²) >= 11 is 0. The lowest BCUT2D eigenvalue weighted by Crippen LogP contribution is -2.44. The molecule has 1 saturated heterocycles. The van der Waals surface area contributed by atoms with Gasteiger partial charge in [0.2, 0.25) is 0 Å². The predicted molar refractivity (Wildman–Crippen MR) is 129 cm³/mol. The highest BCUT2D eigenvalue weighted by molar-refractivity contribution is 6.02. The van der Waals surface area contributed by atoms with E-state index in [1.165, 1.54) is 52.2 Å². The number of nitrogens with one attached hydrogen (secondary N) is 1. The van der Waals surface area contributed by atoms with Gasteiger partial charge in [0.05, 0.1) is 30.7 Å². The number of carbonyl (C=O) groups excluding carboxylic acids is 2. The first kappa shape index (κ1) is 26.9. The van der Waals surface area contributed by atoms with Gasteiger partial charge in [-0.15, -0.1) is 5.10 Å². The number of nitrogens with zero attached hydrogens (tertiary/aromatic N) is 4. The van der Waals surface area contributed by atoms with Crippen LogP contribution in [0.4, 0.5) is 23.7 Å². The van der Waals surface area contributed by atoms with E-state index in [1.807, 2.05) is 0 Å². The van der Waals surface area contributed by atoms with E-state index < -0.39 is 36.1 Å². The second-order valence-corrected chi connectivity index (χ2v) is 9.40. The lowest BCUT2D eigenvalue weighted by molar-refractivity contribution is -0.0498. The van der Waals surface area contributed by atoms with Gasteiger partial charge in [0, 0.05) is 6.54 Å². The summed E-state index contributed by atoms with van der Waals surface area (Å²) in [7, 11) is 0. The Kier molecular flexibility index (Phi) is 7.86. The van der Waals surface area contributed by atoms with Crippen molar-refractivity contribution in [2.45, 2.75) is 39.1 Å². The van der Waals surface area contributed by atoms with E-state index in [0.717, 1.165) is 0 Å². The molecule has 1 N–H and O–H groups in total. The molecule has 3 aromatic rings. The highest BCUT2D eigenvalue weighted by atomic mass is 19.3. The third-order valence-corrected chi connectivity index (χ3v) is 5.38. The molecule has 0 aliphatic carbocycles. The fourth-order valence-corrected chi connectivity index (χ4v) is 3.64. The molecule has 1 unspecified atom stereocenters. The number of amides is 2. The Labute approximate surface area is 216 Å². The Balaban J connectivity index is 1.39. The average molecular weight is 534 g/mol. The third kappa shape index (κ3) is 6.79. The van der Waals surface area contributed by atoms with Crippen molar-refractivity contribution in [3.05, 3.63) is 65.7 Å². The number of morpholine rings is 1. The van der Waals surface area contributed by atoms with E-state index in [1.54, 1.807) is 26.8 Å².